The highest BCUT2D eigenvalue weighted by molar-refractivity contribution is 9.10. The average molecular weight is 322 g/mol. The van der Waals surface area contributed by atoms with Gasteiger partial charge in [0.15, 0.2) is 0 Å². The number of nitrogens with zero attached hydrogens (tertiary/aromatic N) is 5. The van der Waals surface area contributed by atoms with Gasteiger partial charge in [-0.2, -0.15) is 4.52 Å². The standard InChI is InChI=1S/C11H8BrN5O2/c1-18-7-2-3-9(8(12)4-7)19-11-6-13-5-10-14-15-16-17(10)11/h2-6H,1H3. The van der Waals surface area contributed by atoms with E-state index in [0.717, 1.165) is 10.2 Å². The summed E-state index contributed by atoms with van der Waals surface area (Å²) in [5, 5.41) is 11.2. The van der Waals surface area contributed by atoms with Crippen molar-refractivity contribution in [1.29, 1.82) is 0 Å². The lowest BCUT2D eigenvalue weighted by atomic mass is 10.3. The summed E-state index contributed by atoms with van der Waals surface area (Å²) < 4.78 is 13.1. The van der Waals surface area contributed by atoms with Gasteiger partial charge in [-0.15, -0.1) is 5.10 Å². The van der Waals surface area contributed by atoms with E-state index in [9.17, 15) is 0 Å². The molecule has 0 atom stereocenters. The molecule has 19 heavy (non-hydrogen) atoms. The summed E-state index contributed by atoms with van der Waals surface area (Å²) in [5.41, 5.74) is 0.516. The molecule has 0 fully saturated rings. The van der Waals surface area contributed by atoms with E-state index in [4.69, 9.17) is 9.47 Å². The van der Waals surface area contributed by atoms with E-state index in [0.29, 0.717) is 17.3 Å². The fourth-order valence-corrected chi connectivity index (χ4v) is 1.97. The number of benzene rings is 1. The number of tetrazole rings is 1. The molecule has 0 aliphatic rings. The number of rotatable bonds is 3. The van der Waals surface area contributed by atoms with Crippen LogP contribution in [0.2, 0.25) is 0 Å². The second-order valence-corrected chi connectivity index (χ2v) is 4.45. The van der Waals surface area contributed by atoms with Gasteiger partial charge >= 0.3 is 0 Å². The molecule has 96 valence electrons. The van der Waals surface area contributed by atoms with Gasteiger partial charge in [-0.3, -0.25) is 4.98 Å². The number of ether oxygens (including phenoxy) is 2. The Morgan fingerprint density at radius 2 is 2.16 bits per heavy atom. The van der Waals surface area contributed by atoms with E-state index in [1.165, 1.54) is 4.52 Å². The summed E-state index contributed by atoms with van der Waals surface area (Å²) in [6, 6.07) is 5.39. The lowest BCUT2D eigenvalue weighted by Gasteiger charge is -2.08. The Labute approximate surface area is 116 Å². The Hall–Kier alpha value is -2.22. The summed E-state index contributed by atoms with van der Waals surface area (Å²) in [4.78, 5) is 4.02. The molecule has 2 heterocycles. The van der Waals surface area contributed by atoms with E-state index >= 15 is 0 Å². The molecule has 0 aliphatic carbocycles. The molecule has 0 spiro atoms. The second kappa shape index (κ2) is 4.81. The third-order valence-corrected chi connectivity index (χ3v) is 3.05. The summed E-state index contributed by atoms with van der Waals surface area (Å²) in [5.74, 6) is 1.77. The van der Waals surface area contributed by atoms with Crippen LogP contribution in [0.4, 0.5) is 0 Å². The van der Waals surface area contributed by atoms with Gasteiger partial charge in [0.05, 0.1) is 24.0 Å². The third kappa shape index (κ3) is 2.22. The summed E-state index contributed by atoms with van der Waals surface area (Å²) in [7, 11) is 1.61. The van der Waals surface area contributed by atoms with E-state index in [2.05, 4.69) is 36.4 Å². The van der Waals surface area contributed by atoms with Gasteiger partial charge in [0.1, 0.15) is 11.5 Å². The van der Waals surface area contributed by atoms with Crippen LogP contribution in [-0.4, -0.2) is 32.1 Å². The minimum atomic E-state index is 0.424. The first-order valence-electron chi connectivity index (χ1n) is 5.31. The van der Waals surface area contributed by atoms with Crippen molar-refractivity contribution in [3.63, 3.8) is 0 Å². The summed E-state index contributed by atoms with van der Waals surface area (Å²) in [6.07, 6.45) is 3.09. The molecule has 3 rings (SSSR count). The molecule has 0 bridgehead atoms. The molecule has 0 aliphatic heterocycles. The number of hydrogen-bond donors (Lipinski definition) is 0. The number of halogens is 1. The summed E-state index contributed by atoms with van der Waals surface area (Å²) >= 11 is 3.41. The molecule has 8 heteroatoms. The van der Waals surface area contributed by atoms with Crippen LogP contribution in [0.15, 0.2) is 35.1 Å². The predicted molar refractivity (Wildman–Crippen MR) is 69.3 cm³/mol. The van der Waals surface area contributed by atoms with Crippen molar-refractivity contribution in [1.82, 2.24) is 25.0 Å². The van der Waals surface area contributed by atoms with Crippen LogP contribution in [-0.2, 0) is 0 Å². The Balaban J connectivity index is 1.99. The lowest BCUT2D eigenvalue weighted by molar-refractivity contribution is 0.409. The molecule has 7 nitrogen and oxygen atoms in total. The molecule has 1 aromatic carbocycles. The maximum absolute atomic E-state index is 5.74. The minimum absolute atomic E-state index is 0.424. The molecular weight excluding hydrogens is 314 g/mol. The van der Waals surface area contributed by atoms with E-state index < -0.39 is 0 Å². The molecule has 0 amide bonds. The molecule has 0 unspecified atom stereocenters. The van der Waals surface area contributed by atoms with Gasteiger partial charge in [0.25, 0.3) is 0 Å². The monoisotopic (exact) mass is 321 g/mol. The van der Waals surface area contributed by atoms with Crippen LogP contribution >= 0.6 is 15.9 Å². The van der Waals surface area contributed by atoms with Gasteiger partial charge in [-0.1, -0.05) is 0 Å². The zero-order chi connectivity index (χ0) is 13.2. The molecule has 3 aromatic rings. The molecular formula is C11H8BrN5O2. The van der Waals surface area contributed by atoms with Crippen molar-refractivity contribution < 1.29 is 9.47 Å². The molecule has 2 aromatic heterocycles. The van der Waals surface area contributed by atoms with Gasteiger partial charge < -0.3 is 9.47 Å². The smallest absolute Gasteiger partial charge is 0.242 e. The maximum Gasteiger partial charge on any atom is 0.242 e. The fraction of sp³-hybridized carbons (Fsp3) is 0.0909. The summed E-state index contributed by atoms with van der Waals surface area (Å²) in [6.45, 7) is 0. The van der Waals surface area contributed by atoms with Crippen LogP contribution in [0.25, 0.3) is 5.65 Å². The van der Waals surface area contributed by atoms with E-state index in [1.54, 1.807) is 31.6 Å². The highest BCUT2D eigenvalue weighted by Gasteiger charge is 2.09. The van der Waals surface area contributed by atoms with Crippen LogP contribution in [0, 0.1) is 0 Å². The first kappa shape index (κ1) is 11.8. The SMILES string of the molecule is COc1ccc(Oc2cncc3nnnn23)c(Br)c1. The Bertz CT molecular complexity index is 730. The maximum atomic E-state index is 5.74. The van der Waals surface area contributed by atoms with Gasteiger partial charge in [0.2, 0.25) is 11.5 Å². The number of methoxy groups -OCH3 is 1. The molecule has 0 saturated carbocycles. The Morgan fingerprint density at radius 1 is 1.26 bits per heavy atom. The number of fused-ring (bicyclic) bond motifs is 1. The third-order valence-electron chi connectivity index (χ3n) is 2.43. The van der Waals surface area contributed by atoms with Crippen LogP contribution < -0.4 is 9.47 Å². The van der Waals surface area contributed by atoms with Crippen molar-refractivity contribution in [2.45, 2.75) is 0 Å². The van der Waals surface area contributed by atoms with Crippen molar-refractivity contribution >= 4 is 21.6 Å². The largest absolute Gasteiger partial charge is 0.497 e. The molecule has 0 radical (unpaired) electrons. The van der Waals surface area contributed by atoms with Gasteiger partial charge in [-0.05, 0) is 44.6 Å². The van der Waals surface area contributed by atoms with Crippen LogP contribution in [0.3, 0.4) is 0 Å². The van der Waals surface area contributed by atoms with Crippen molar-refractivity contribution in [2.75, 3.05) is 7.11 Å². The van der Waals surface area contributed by atoms with E-state index in [-0.39, 0.29) is 0 Å². The van der Waals surface area contributed by atoms with Crippen LogP contribution in [0.1, 0.15) is 0 Å². The van der Waals surface area contributed by atoms with Gasteiger partial charge in [0, 0.05) is 0 Å². The quantitative estimate of drug-likeness (QED) is 0.735. The second-order valence-electron chi connectivity index (χ2n) is 3.59. The highest BCUT2D eigenvalue weighted by atomic mass is 79.9. The van der Waals surface area contributed by atoms with Crippen molar-refractivity contribution in [3.8, 4) is 17.4 Å². The number of hydrogen-bond acceptors (Lipinski definition) is 6. The average Bonchev–Trinajstić information content (AvgIpc) is 2.90. The normalized spacial score (nSPS) is 10.6. The fourth-order valence-electron chi connectivity index (χ4n) is 1.53. The van der Waals surface area contributed by atoms with Crippen molar-refractivity contribution in [3.05, 3.63) is 35.1 Å². The topological polar surface area (TPSA) is 74.4 Å². The van der Waals surface area contributed by atoms with Crippen LogP contribution in [0.5, 0.6) is 17.4 Å². The highest BCUT2D eigenvalue weighted by Crippen LogP contribution is 2.32. The first-order valence-corrected chi connectivity index (χ1v) is 6.11. The minimum Gasteiger partial charge on any atom is -0.497 e. The molecule has 0 saturated heterocycles. The zero-order valence-electron chi connectivity index (χ0n) is 9.82. The molecule has 0 N–H and O–H groups in total. The van der Waals surface area contributed by atoms with E-state index in [1.807, 2.05) is 6.07 Å². The number of aromatic nitrogens is 5. The predicted octanol–water partition coefficient (Wildman–Crippen LogP) is 2.08. The van der Waals surface area contributed by atoms with Crippen molar-refractivity contribution in [2.24, 2.45) is 0 Å². The zero-order valence-corrected chi connectivity index (χ0v) is 11.4. The Morgan fingerprint density at radius 3 is 2.95 bits per heavy atom. The lowest BCUT2D eigenvalue weighted by Crippen LogP contribution is -1.97. The van der Waals surface area contributed by atoms with Gasteiger partial charge in [-0.25, -0.2) is 0 Å². The first-order chi connectivity index (χ1) is 9.28. The Kier molecular flexibility index (Phi) is 3.00.